The van der Waals surface area contributed by atoms with Crippen molar-refractivity contribution in [1.29, 1.82) is 0 Å². The van der Waals surface area contributed by atoms with Gasteiger partial charge in [-0.3, -0.25) is 4.79 Å². The summed E-state index contributed by atoms with van der Waals surface area (Å²) in [7, 11) is -3.97. The van der Waals surface area contributed by atoms with Crippen LogP contribution in [-0.2, 0) is 10.0 Å². The van der Waals surface area contributed by atoms with Crippen LogP contribution in [0, 0.1) is 11.6 Å². The maximum Gasteiger partial charge on any atom is 0.289 e. The van der Waals surface area contributed by atoms with Crippen LogP contribution in [0.3, 0.4) is 0 Å². The molecule has 25 heavy (non-hydrogen) atoms. The minimum absolute atomic E-state index is 0.0293. The Morgan fingerprint density at radius 3 is 2.28 bits per heavy atom. The van der Waals surface area contributed by atoms with Crippen molar-refractivity contribution in [3.8, 4) is 0 Å². The van der Waals surface area contributed by atoms with Gasteiger partial charge in [-0.05, 0) is 41.9 Å². The van der Waals surface area contributed by atoms with E-state index < -0.39 is 27.6 Å². The Balaban J connectivity index is 1.71. The Morgan fingerprint density at radius 2 is 1.72 bits per heavy atom. The summed E-state index contributed by atoms with van der Waals surface area (Å²) in [5, 5.41) is 0.0860. The van der Waals surface area contributed by atoms with Gasteiger partial charge in [-0.2, -0.15) is 4.31 Å². The smallest absolute Gasteiger partial charge is 0.289 e. The number of nitrogens with zero attached hydrogens (tertiary/aromatic N) is 2. The summed E-state index contributed by atoms with van der Waals surface area (Å²) >= 11 is 5.64. The molecular formula is C15H13ClF2N2O4S. The van der Waals surface area contributed by atoms with E-state index in [0.29, 0.717) is 6.07 Å². The quantitative estimate of drug-likeness (QED) is 0.806. The molecule has 1 aliphatic rings. The van der Waals surface area contributed by atoms with Gasteiger partial charge >= 0.3 is 0 Å². The lowest BCUT2D eigenvalue weighted by Gasteiger charge is -2.33. The van der Waals surface area contributed by atoms with Crippen LogP contribution in [-0.4, -0.2) is 49.7 Å². The average molecular weight is 391 g/mol. The third-order valence-corrected chi connectivity index (χ3v) is 5.94. The number of benzene rings is 1. The van der Waals surface area contributed by atoms with E-state index in [-0.39, 0.29) is 42.1 Å². The summed E-state index contributed by atoms with van der Waals surface area (Å²) in [6, 6.07) is 5.31. The molecule has 2 aromatic rings. The molecule has 1 aromatic heterocycles. The Hall–Kier alpha value is -1.97. The van der Waals surface area contributed by atoms with Gasteiger partial charge in [0.2, 0.25) is 10.0 Å². The highest BCUT2D eigenvalue weighted by Crippen LogP contribution is 2.21. The van der Waals surface area contributed by atoms with Crippen LogP contribution < -0.4 is 0 Å². The second kappa shape index (κ2) is 6.74. The Morgan fingerprint density at radius 1 is 1.04 bits per heavy atom. The second-order valence-electron chi connectivity index (χ2n) is 5.38. The first-order valence-electron chi connectivity index (χ1n) is 7.29. The monoisotopic (exact) mass is 390 g/mol. The fourth-order valence-corrected chi connectivity index (χ4v) is 4.08. The zero-order chi connectivity index (χ0) is 18.2. The molecule has 0 unspecified atom stereocenters. The van der Waals surface area contributed by atoms with E-state index in [4.69, 9.17) is 16.0 Å². The lowest BCUT2D eigenvalue weighted by Crippen LogP contribution is -2.50. The van der Waals surface area contributed by atoms with Crippen molar-refractivity contribution in [2.75, 3.05) is 26.2 Å². The van der Waals surface area contributed by atoms with Gasteiger partial charge in [0.25, 0.3) is 5.91 Å². The molecule has 10 heteroatoms. The van der Waals surface area contributed by atoms with Crippen LogP contribution in [0.2, 0.25) is 5.22 Å². The average Bonchev–Trinajstić information content (AvgIpc) is 3.03. The van der Waals surface area contributed by atoms with Crippen molar-refractivity contribution in [3.63, 3.8) is 0 Å². The standard InChI is InChI=1S/C15H13ClF2N2O4S/c16-14-4-3-13(24-14)15(21)19-5-7-20(8-6-19)25(22,23)10-1-2-11(17)12(18)9-10/h1-4,9H,5-8H2. The molecule has 0 saturated carbocycles. The number of carbonyl (C=O) groups excluding carboxylic acids is 1. The molecule has 0 atom stereocenters. The summed E-state index contributed by atoms with van der Waals surface area (Å²) in [6.45, 7) is 0.336. The molecule has 3 rings (SSSR count). The Labute approximate surface area is 147 Å². The summed E-state index contributed by atoms with van der Waals surface area (Å²) in [5.41, 5.74) is 0. The van der Waals surface area contributed by atoms with Gasteiger partial charge in [-0.1, -0.05) is 0 Å². The Bertz CT molecular complexity index is 908. The van der Waals surface area contributed by atoms with Crippen molar-refractivity contribution in [1.82, 2.24) is 9.21 Å². The Kier molecular flexibility index (Phi) is 4.81. The van der Waals surface area contributed by atoms with Gasteiger partial charge in [-0.25, -0.2) is 17.2 Å². The fourth-order valence-electron chi connectivity index (χ4n) is 2.50. The lowest BCUT2D eigenvalue weighted by atomic mass is 10.3. The molecule has 0 bridgehead atoms. The number of furan rings is 1. The summed E-state index contributed by atoms with van der Waals surface area (Å²) < 4.78 is 57.5. The first-order valence-corrected chi connectivity index (χ1v) is 9.10. The van der Waals surface area contributed by atoms with E-state index in [0.717, 1.165) is 16.4 Å². The predicted octanol–water partition coefficient (Wildman–Crippen LogP) is 2.36. The number of halogens is 3. The first-order chi connectivity index (χ1) is 11.8. The highest BCUT2D eigenvalue weighted by molar-refractivity contribution is 7.89. The molecule has 2 heterocycles. The molecular weight excluding hydrogens is 378 g/mol. The molecule has 0 N–H and O–H groups in total. The van der Waals surface area contributed by atoms with Crippen LogP contribution in [0.5, 0.6) is 0 Å². The number of sulfonamides is 1. The molecule has 134 valence electrons. The largest absolute Gasteiger partial charge is 0.440 e. The number of piperazine rings is 1. The molecule has 1 aliphatic heterocycles. The molecule has 0 radical (unpaired) electrons. The number of rotatable bonds is 3. The zero-order valence-corrected chi connectivity index (χ0v) is 14.4. The maximum atomic E-state index is 13.3. The van der Waals surface area contributed by atoms with Gasteiger partial charge in [0.15, 0.2) is 22.6 Å². The maximum absolute atomic E-state index is 13.3. The van der Waals surface area contributed by atoms with Gasteiger partial charge < -0.3 is 9.32 Å². The van der Waals surface area contributed by atoms with Gasteiger partial charge in [0, 0.05) is 26.2 Å². The molecule has 1 aromatic carbocycles. The highest BCUT2D eigenvalue weighted by atomic mass is 35.5. The molecule has 0 aliphatic carbocycles. The minimum atomic E-state index is -3.97. The van der Waals surface area contributed by atoms with Crippen LogP contribution in [0.4, 0.5) is 8.78 Å². The van der Waals surface area contributed by atoms with Gasteiger partial charge in [0.1, 0.15) is 0 Å². The summed E-state index contributed by atoms with van der Waals surface area (Å²) in [4.78, 5) is 13.3. The SMILES string of the molecule is O=C(c1ccc(Cl)o1)N1CCN(S(=O)(=O)c2ccc(F)c(F)c2)CC1. The van der Waals surface area contributed by atoms with Crippen LogP contribution >= 0.6 is 11.6 Å². The minimum Gasteiger partial charge on any atom is -0.440 e. The highest BCUT2D eigenvalue weighted by Gasteiger charge is 2.31. The summed E-state index contributed by atoms with van der Waals surface area (Å²) in [6.07, 6.45) is 0. The van der Waals surface area contributed by atoms with Crippen molar-refractivity contribution in [3.05, 3.63) is 52.9 Å². The van der Waals surface area contributed by atoms with Crippen molar-refractivity contribution in [2.45, 2.75) is 4.90 Å². The normalized spacial score (nSPS) is 16.2. The van der Waals surface area contributed by atoms with Crippen LogP contribution in [0.15, 0.2) is 39.6 Å². The van der Waals surface area contributed by atoms with Crippen molar-refractivity contribution >= 4 is 27.5 Å². The predicted molar refractivity (Wildman–Crippen MR) is 84.7 cm³/mol. The summed E-state index contributed by atoms with van der Waals surface area (Å²) in [5.74, 6) is -2.67. The molecule has 0 spiro atoms. The molecule has 1 amide bonds. The van der Waals surface area contributed by atoms with Crippen molar-refractivity contribution in [2.24, 2.45) is 0 Å². The van der Waals surface area contributed by atoms with Gasteiger partial charge in [0.05, 0.1) is 4.90 Å². The number of hydrogen-bond donors (Lipinski definition) is 0. The first kappa shape index (κ1) is 17.8. The molecule has 1 fully saturated rings. The number of hydrogen-bond acceptors (Lipinski definition) is 4. The zero-order valence-electron chi connectivity index (χ0n) is 12.8. The molecule has 6 nitrogen and oxygen atoms in total. The third-order valence-electron chi connectivity index (χ3n) is 3.84. The second-order valence-corrected chi connectivity index (χ2v) is 7.69. The lowest BCUT2D eigenvalue weighted by molar-refractivity contribution is 0.0666. The van der Waals surface area contributed by atoms with E-state index in [1.54, 1.807) is 0 Å². The van der Waals surface area contributed by atoms with E-state index in [1.165, 1.54) is 17.0 Å². The van der Waals surface area contributed by atoms with E-state index in [9.17, 15) is 22.0 Å². The van der Waals surface area contributed by atoms with E-state index in [2.05, 4.69) is 0 Å². The van der Waals surface area contributed by atoms with Crippen molar-refractivity contribution < 1.29 is 26.4 Å². The molecule has 1 saturated heterocycles. The van der Waals surface area contributed by atoms with E-state index in [1.807, 2.05) is 0 Å². The van der Waals surface area contributed by atoms with Crippen LogP contribution in [0.1, 0.15) is 10.6 Å². The van der Waals surface area contributed by atoms with E-state index >= 15 is 0 Å². The van der Waals surface area contributed by atoms with Gasteiger partial charge in [-0.15, -0.1) is 0 Å². The third kappa shape index (κ3) is 3.53. The number of carbonyl (C=O) groups is 1. The number of amides is 1. The van der Waals surface area contributed by atoms with Crippen LogP contribution in [0.25, 0.3) is 0 Å². The topological polar surface area (TPSA) is 70.8 Å². The fraction of sp³-hybridized carbons (Fsp3) is 0.267.